The van der Waals surface area contributed by atoms with Crippen LogP contribution in [0.4, 0.5) is 10.5 Å². The lowest BCUT2D eigenvalue weighted by atomic mass is 10.1. The van der Waals surface area contributed by atoms with Gasteiger partial charge >= 0.3 is 6.03 Å². The minimum absolute atomic E-state index is 0.154. The van der Waals surface area contributed by atoms with Gasteiger partial charge in [-0.05, 0) is 43.4 Å². The molecule has 0 aliphatic carbocycles. The summed E-state index contributed by atoms with van der Waals surface area (Å²) in [7, 11) is 0. The molecule has 0 bridgehead atoms. The summed E-state index contributed by atoms with van der Waals surface area (Å²) in [6.07, 6.45) is 0.698. The summed E-state index contributed by atoms with van der Waals surface area (Å²) in [6.45, 7) is 6.67. The van der Waals surface area contributed by atoms with Gasteiger partial charge in [-0.1, -0.05) is 19.1 Å². The first kappa shape index (κ1) is 14.5. The SMILES string of the molecule is Cc1ccc(C)c(NC(=O)NCC(C)CCO)c1. The van der Waals surface area contributed by atoms with Crippen LogP contribution in [-0.2, 0) is 0 Å². The van der Waals surface area contributed by atoms with E-state index in [1.807, 2.05) is 39.0 Å². The number of benzene rings is 1. The number of rotatable bonds is 5. The van der Waals surface area contributed by atoms with Gasteiger partial charge in [0.1, 0.15) is 0 Å². The molecule has 1 unspecified atom stereocenters. The van der Waals surface area contributed by atoms with Crippen molar-refractivity contribution in [3.8, 4) is 0 Å². The molecule has 0 radical (unpaired) electrons. The lowest BCUT2D eigenvalue weighted by molar-refractivity contribution is 0.243. The first-order chi connectivity index (χ1) is 8.52. The Labute approximate surface area is 108 Å². The quantitative estimate of drug-likeness (QED) is 0.751. The molecule has 0 saturated heterocycles. The summed E-state index contributed by atoms with van der Waals surface area (Å²) in [6, 6.07) is 5.75. The van der Waals surface area contributed by atoms with Crippen molar-refractivity contribution in [2.24, 2.45) is 5.92 Å². The van der Waals surface area contributed by atoms with Crippen LogP contribution in [0.5, 0.6) is 0 Å². The first-order valence-electron chi connectivity index (χ1n) is 6.26. The maximum atomic E-state index is 11.7. The molecule has 0 saturated carbocycles. The molecule has 0 aromatic heterocycles. The van der Waals surface area contributed by atoms with Crippen molar-refractivity contribution in [3.05, 3.63) is 29.3 Å². The Kier molecular flexibility index (Phi) is 5.65. The van der Waals surface area contributed by atoms with E-state index >= 15 is 0 Å². The zero-order chi connectivity index (χ0) is 13.5. The van der Waals surface area contributed by atoms with E-state index in [4.69, 9.17) is 5.11 Å². The van der Waals surface area contributed by atoms with Crippen LogP contribution in [0, 0.1) is 19.8 Å². The van der Waals surface area contributed by atoms with E-state index in [9.17, 15) is 4.79 Å². The van der Waals surface area contributed by atoms with Crippen LogP contribution in [0.15, 0.2) is 18.2 Å². The van der Waals surface area contributed by atoms with Crippen LogP contribution in [0.2, 0.25) is 0 Å². The Morgan fingerprint density at radius 1 is 1.39 bits per heavy atom. The summed E-state index contributed by atoms with van der Waals surface area (Å²) >= 11 is 0. The Morgan fingerprint density at radius 3 is 2.78 bits per heavy atom. The fourth-order valence-electron chi connectivity index (χ4n) is 1.63. The number of urea groups is 1. The maximum absolute atomic E-state index is 11.7. The molecular formula is C14H22N2O2. The average molecular weight is 250 g/mol. The first-order valence-corrected chi connectivity index (χ1v) is 6.26. The van der Waals surface area contributed by atoms with Gasteiger partial charge in [0, 0.05) is 18.8 Å². The minimum atomic E-state index is -0.200. The molecule has 1 aromatic rings. The van der Waals surface area contributed by atoms with Crippen LogP contribution in [0.1, 0.15) is 24.5 Å². The van der Waals surface area contributed by atoms with E-state index in [0.717, 1.165) is 16.8 Å². The van der Waals surface area contributed by atoms with Gasteiger partial charge in [-0.25, -0.2) is 4.79 Å². The van der Waals surface area contributed by atoms with E-state index < -0.39 is 0 Å². The summed E-state index contributed by atoms with van der Waals surface area (Å²) in [5, 5.41) is 14.4. The molecule has 0 heterocycles. The number of hydrogen-bond acceptors (Lipinski definition) is 2. The number of amides is 2. The van der Waals surface area contributed by atoms with Crippen molar-refractivity contribution >= 4 is 11.7 Å². The molecule has 2 amide bonds. The zero-order valence-corrected chi connectivity index (χ0v) is 11.3. The Hall–Kier alpha value is -1.55. The van der Waals surface area contributed by atoms with E-state index in [1.165, 1.54) is 0 Å². The van der Waals surface area contributed by atoms with E-state index in [2.05, 4.69) is 10.6 Å². The van der Waals surface area contributed by atoms with E-state index in [-0.39, 0.29) is 18.6 Å². The summed E-state index contributed by atoms with van der Waals surface area (Å²) in [4.78, 5) is 11.7. The van der Waals surface area contributed by atoms with Gasteiger partial charge in [0.05, 0.1) is 0 Å². The van der Waals surface area contributed by atoms with Gasteiger partial charge in [-0.3, -0.25) is 0 Å². The van der Waals surface area contributed by atoms with Crippen LogP contribution in [-0.4, -0.2) is 24.3 Å². The lowest BCUT2D eigenvalue weighted by Crippen LogP contribution is -2.32. The molecule has 1 rings (SSSR count). The average Bonchev–Trinajstić information content (AvgIpc) is 2.32. The molecule has 1 atom stereocenters. The van der Waals surface area contributed by atoms with Crippen molar-refractivity contribution in [3.63, 3.8) is 0 Å². The fraction of sp³-hybridized carbons (Fsp3) is 0.500. The van der Waals surface area contributed by atoms with Gasteiger partial charge in [0.2, 0.25) is 0 Å². The predicted octanol–water partition coefficient (Wildman–Crippen LogP) is 2.44. The number of aryl methyl sites for hydroxylation is 2. The third kappa shape index (κ3) is 4.75. The summed E-state index contributed by atoms with van der Waals surface area (Å²) in [5.74, 6) is 0.277. The largest absolute Gasteiger partial charge is 0.396 e. The van der Waals surface area contributed by atoms with E-state index in [1.54, 1.807) is 0 Å². The lowest BCUT2D eigenvalue weighted by Gasteiger charge is -2.13. The van der Waals surface area contributed by atoms with Crippen LogP contribution in [0.3, 0.4) is 0 Å². The van der Waals surface area contributed by atoms with Crippen LogP contribution >= 0.6 is 0 Å². The van der Waals surface area contributed by atoms with Crippen molar-refractivity contribution in [2.45, 2.75) is 27.2 Å². The minimum Gasteiger partial charge on any atom is -0.396 e. The molecule has 18 heavy (non-hydrogen) atoms. The van der Waals surface area contributed by atoms with Crippen molar-refractivity contribution in [1.29, 1.82) is 0 Å². The van der Waals surface area contributed by atoms with Crippen molar-refractivity contribution < 1.29 is 9.90 Å². The number of aliphatic hydroxyl groups is 1. The second-order valence-electron chi connectivity index (χ2n) is 4.77. The summed E-state index contributed by atoms with van der Waals surface area (Å²) in [5.41, 5.74) is 2.99. The molecule has 4 nitrogen and oxygen atoms in total. The number of anilines is 1. The Morgan fingerprint density at radius 2 is 2.11 bits per heavy atom. The standard InChI is InChI=1S/C14H22N2O2/c1-10-4-5-12(3)13(8-10)16-14(18)15-9-11(2)6-7-17/h4-5,8,11,17H,6-7,9H2,1-3H3,(H2,15,16,18). The molecule has 0 aliphatic rings. The fourth-order valence-corrected chi connectivity index (χ4v) is 1.63. The van der Waals surface area contributed by atoms with Gasteiger partial charge in [-0.2, -0.15) is 0 Å². The molecule has 3 N–H and O–H groups in total. The predicted molar refractivity (Wildman–Crippen MR) is 73.8 cm³/mol. The number of nitrogens with one attached hydrogen (secondary N) is 2. The maximum Gasteiger partial charge on any atom is 0.319 e. The highest BCUT2D eigenvalue weighted by Crippen LogP contribution is 2.16. The summed E-state index contributed by atoms with van der Waals surface area (Å²) < 4.78 is 0. The number of hydrogen-bond donors (Lipinski definition) is 3. The number of aliphatic hydroxyl groups excluding tert-OH is 1. The smallest absolute Gasteiger partial charge is 0.319 e. The van der Waals surface area contributed by atoms with Gasteiger partial charge < -0.3 is 15.7 Å². The molecule has 4 heteroatoms. The second kappa shape index (κ2) is 7.01. The van der Waals surface area contributed by atoms with Gasteiger partial charge in [0.25, 0.3) is 0 Å². The number of carbonyl (C=O) groups is 1. The highest BCUT2D eigenvalue weighted by Gasteiger charge is 2.06. The van der Waals surface area contributed by atoms with Crippen LogP contribution < -0.4 is 10.6 Å². The molecular weight excluding hydrogens is 228 g/mol. The van der Waals surface area contributed by atoms with E-state index in [0.29, 0.717) is 13.0 Å². The molecule has 0 aliphatic heterocycles. The molecule has 0 fully saturated rings. The van der Waals surface area contributed by atoms with Crippen LogP contribution in [0.25, 0.3) is 0 Å². The molecule has 1 aromatic carbocycles. The van der Waals surface area contributed by atoms with Crippen molar-refractivity contribution in [1.82, 2.24) is 5.32 Å². The third-order valence-corrected chi connectivity index (χ3v) is 2.87. The normalized spacial score (nSPS) is 12.0. The second-order valence-corrected chi connectivity index (χ2v) is 4.77. The Balaban J connectivity index is 2.47. The molecule has 100 valence electrons. The monoisotopic (exact) mass is 250 g/mol. The van der Waals surface area contributed by atoms with Crippen molar-refractivity contribution in [2.75, 3.05) is 18.5 Å². The topological polar surface area (TPSA) is 61.4 Å². The van der Waals surface area contributed by atoms with Gasteiger partial charge in [0.15, 0.2) is 0 Å². The number of carbonyl (C=O) groups excluding carboxylic acids is 1. The third-order valence-electron chi connectivity index (χ3n) is 2.87. The Bertz CT molecular complexity index is 405. The zero-order valence-electron chi connectivity index (χ0n) is 11.3. The molecule has 0 spiro atoms. The highest BCUT2D eigenvalue weighted by atomic mass is 16.3. The van der Waals surface area contributed by atoms with Gasteiger partial charge in [-0.15, -0.1) is 0 Å². The highest BCUT2D eigenvalue weighted by molar-refractivity contribution is 5.90.